The molecule has 0 radical (unpaired) electrons. The van der Waals surface area contributed by atoms with Gasteiger partial charge in [-0.15, -0.1) is 0 Å². The van der Waals surface area contributed by atoms with Crippen LogP contribution in [0.25, 0.3) is 0 Å². The summed E-state index contributed by atoms with van der Waals surface area (Å²) >= 11 is 5.59. The van der Waals surface area contributed by atoms with Crippen LogP contribution in [-0.4, -0.2) is 24.8 Å². The van der Waals surface area contributed by atoms with Crippen molar-refractivity contribution in [1.29, 1.82) is 0 Å². The second kappa shape index (κ2) is 4.51. The number of anilines is 1. The quantitative estimate of drug-likeness (QED) is 0.668. The van der Waals surface area contributed by atoms with Crippen LogP contribution < -0.4 is 10.6 Å². The number of halogens is 2. The van der Waals surface area contributed by atoms with Crippen molar-refractivity contribution in [2.24, 2.45) is 5.73 Å². The van der Waals surface area contributed by atoms with Gasteiger partial charge in [-0.1, -0.05) is 18.2 Å². The van der Waals surface area contributed by atoms with Gasteiger partial charge in [-0.3, -0.25) is 9.59 Å². The monoisotopic (exact) mass is 268 g/mol. The third-order valence-corrected chi connectivity index (χ3v) is 2.97. The van der Waals surface area contributed by atoms with Crippen molar-refractivity contribution in [3.05, 3.63) is 40.7 Å². The van der Waals surface area contributed by atoms with Crippen molar-refractivity contribution in [1.82, 2.24) is 0 Å². The number of fused-ring (bicyclic) bond motifs is 1. The highest BCUT2D eigenvalue weighted by Gasteiger charge is 2.36. The molecule has 6 heteroatoms. The molecule has 1 aliphatic rings. The molecule has 1 aromatic rings. The first-order chi connectivity index (χ1) is 8.45. The molecule has 0 spiro atoms. The number of Topliss-reactive ketones (excluding diaryl/α,β-unsaturated/α-hetero) is 1. The lowest BCUT2D eigenvalue weighted by molar-refractivity contribution is -0.114. The van der Waals surface area contributed by atoms with E-state index < -0.39 is 17.5 Å². The first kappa shape index (κ1) is 12.7. The van der Waals surface area contributed by atoms with Gasteiger partial charge >= 0.3 is 0 Å². The number of ketones is 1. The molecule has 0 atom stereocenters. The van der Waals surface area contributed by atoms with Crippen molar-refractivity contribution in [3.63, 3.8) is 0 Å². The van der Waals surface area contributed by atoms with Crippen LogP contribution in [0.2, 0.25) is 5.02 Å². The minimum atomic E-state index is -0.721. The van der Waals surface area contributed by atoms with Crippen molar-refractivity contribution in [2.45, 2.75) is 0 Å². The summed E-state index contributed by atoms with van der Waals surface area (Å²) in [5, 5.41) is -0.186. The Morgan fingerprint density at radius 3 is 2.72 bits per heavy atom. The fraction of sp³-hybridized carbons (Fsp3) is 0.167. The standard InChI is InChI=1S/C12H10ClFN2O2/c1-6(4-15)5-16-10-3-9(14)8(13)2-7(10)11(17)12(16)18/h2-3H,1,4-5,15H2. The van der Waals surface area contributed by atoms with Crippen LogP contribution in [0.3, 0.4) is 0 Å². The zero-order chi connectivity index (χ0) is 13.4. The number of rotatable bonds is 3. The smallest absolute Gasteiger partial charge is 0.299 e. The maximum atomic E-state index is 13.4. The number of benzene rings is 1. The minimum Gasteiger partial charge on any atom is -0.327 e. The van der Waals surface area contributed by atoms with Crippen LogP contribution >= 0.6 is 11.6 Å². The van der Waals surface area contributed by atoms with E-state index >= 15 is 0 Å². The normalized spacial score (nSPS) is 14.1. The maximum Gasteiger partial charge on any atom is 0.299 e. The molecule has 1 amide bonds. The summed E-state index contributed by atoms with van der Waals surface area (Å²) in [6.45, 7) is 3.94. The van der Waals surface area contributed by atoms with E-state index in [1.54, 1.807) is 0 Å². The van der Waals surface area contributed by atoms with Gasteiger partial charge in [0.15, 0.2) is 0 Å². The molecule has 0 aromatic heterocycles. The average molecular weight is 269 g/mol. The zero-order valence-electron chi connectivity index (χ0n) is 9.37. The Balaban J connectivity index is 2.48. The molecule has 0 unspecified atom stereocenters. The number of hydrogen-bond donors (Lipinski definition) is 1. The van der Waals surface area contributed by atoms with Crippen LogP contribution in [0.15, 0.2) is 24.3 Å². The van der Waals surface area contributed by atoms with E-state index in [2.05, 4.69) is 6.58 Å². The van der Waals surface area contributed by atoms with Gasteiger partial charge in [0.2, 0.25) is 0 Å². The van der Waals surface area contributed by atoms with Crippen molar-refractivity contribution in [2.75, 3.05) is 18.0 Å². The van der Waals surface area contributed by atoms with Crippen molar-refractivity contribution < 1.29 is 14.0 Å². The summed E-state index contributed by atoms with van der Waals surface area (Å²) in [6.07, 6.45) is 0. The lowest BCUT2D eigenvalue weighted by atomic mass is 10.1. The van der Waals surface area contributed by atoms with Gasteiger partial charge in [-0.25, -0.2) is 4.39 Å². The molecular weight excluding hydrogens is 259 g/mol. The summed E-state index contributed by atoms with van der Waals surface area (Å²) in [6, 6.07) is 2.24. The third-order valence-electron chi connectivity index (χ3n) is 2.68. The Kier molecular flexibility index (Phi) is 3.19. The molecule has 2 N–H and O–H groups in total. The van der Waals surface area contributed by atoms with Crippen LogP contribution in [0.1, 0.15) is 10.4 Å². The molecule has 94 valence electrons. The van der Waals surface area contributed by atoms with E-state index in [0.29, 0.717) is 5.57 Å². The van der Waals surface area contributed by atoms with Gasteiger partial charge in [0.25, 0.3) is 11.7 Å². The van der Waals surface area contributed by atoms with Gasteiger partial charge in [0, 0.05) is 13.1 Å². The second-order valence-corrected chi connectivity index (χ2v) is 4.37. The van der Waals surface area contributed by atoms with Crippen molar-refractivity contribution >= 4 is 29.0 Å². The number of hydrogen-bond acceptors (Lipinski definition) is 3. The largest absolute Gasteiger partial charge is 0.327 e. The summed E-state index contributed by atoms with van der Waals surface area (Å²) in [4.78, 5) is 24.6. The van der Waals surface area contributed by atoms with E-state index in [0.717, 1.165) is 17.0 Å². The van der Waals surface area contributed by atoms with Gasteiger partial charge in [-0.05, 0) is 17.7 Å². The van der Waals surface area contributed by atoms with E-state index in [-0.39, 0.29) is 29.4 Å². The van der Waals surface area contributed by atoms with Crippen molar-refractivity contribution in [3.8, 4) is 0 Å². The van der Waals surface area contributed by atoms with Crippen LogP contribution in [0, 0.1) is 5.82 Å². The fourth-order valence-electron chi connectivity index (χ4n) is 1.73. The Morgan fingerprint density at radius 1 is 1.44 bits per heavy atom. The summed E-state index contributed by atoms with van der Waals surface area (Å²) in [5.41, 5.74) is 6.27. The number of carbonyl (C=O) groups is 2. The van der Waals surface area contributed by atoms with Gasteiger partial charge in [-0.2, -0.15) is 0 Å². The SMILES string of the molecule is C=C(CN)CN1C(=O)C(=O)c2cc(Cl)c(F)cc21. The fourth-order valence-corrected chi connectivity index (χ4v) is 1.90. The highest BCUT2D eigenvalue weighted by atomic mass is 35.5. The molecule has 18 heavy (non-hydrogen) atoms. The summed E-state index contributed by atoms with van der Waals surface area (Å²) in [7, 11) is 0. The molecule has 0 bridgehead atoms. The lowest BCUT2D eigenvalue weighted by Crippen LogP contribution is -2.32. The molecular formula is C12H10ClFN2O2. The predicted molar refractivity (Wildman–Crippen MR) is 66.3 cm³/mol. The maximum absolute atomic E-state index is 13.4. The predicted octanol–water partition coefficient (Wildman–Crippen LogP) is 1.52. The van der Waals surface area contributed by atoms with Gasteiger partial charge in [0.05, 0.1) is 16.3 Å². The molecule has 1 aromatic carbocycles. The molecule has 0 aliphatic carbocycles. The number of nitrogens with two attached hydrogens (primary N) is 1. The molecule has 1 heterocycles. The topological polar surface area (TPSA) is 63.4 Å². The first-order valence-electron chi connectivity index (χ1n) is 5.17. The minimum absolute atomic E-state index is 0.0924. The molecule has 1 aliphatic heterocycles. The average Bonchev–Trinajstić information content (AvgIpc) is 2.56. The Labute approximate surface area is 108 Å². The zero-order valence-corrected chi connectivity index (χ0v) is 10.1. The summed E-state index contributed by atoms with van der Waals surface area (Å²) in [5.74, 6) is -2.10. The number of nitrogens with zero attached hydrogens (tertiary/aromatic N) is 1. The molecule has 0 saturated heterocycles. The molecule has 0 saturated carbocycles. The lowest BCUT2D eigenvalue weighted by Gasteiger charge is -2.17. The van der Waals surface area contributed by atoms with Crippen LogP contribution in [-0.2, 0) is 4.79 Å². The Hall–Kier alpha value is -1.72. The highest BCUT2D eigenvalue weighted by molar-refractivity contribution is 6.52. The van der Waals surface area contributed by atoms with Gasteiger partial charge in [0.1, 0.15) is 5.82 Å². The highest BCUT2D eigenvalue weighted by Crippen LogP contribution is 2.33. The Bertz CT molecular complexity index is 571. The summed E-state index contributed by atoms with van der Waals surface area (Å²) < 4.78 is 13.4. The molecule has 4 nitrogen and oxygen atoms in total. The Morgan fingerprint density at radius 2 is 2.11 bits per heavy atom. The second-order valence-electron chi connectivity index (χ2n) is 3.96. The van der Waals surface area contributed by atoms with Crippen LogP contribution in [0.4, 0.5) is 10.1 Å². The van der Waals surface area contributed by atoms with E-state index in [1.807, 2.05) is 0 Å². The van der Waals surface area contributed by atoms with Crippen LogP contribution in [0.5, 0.6) is 0 Å². The van der Waals surface area contributed by atoms with E-state index in [9.17, 15) is 14.0 Å². The number of carbonyl (C=O) groups excluding carboxylic acids is 2. The number of amides is 1. The third kappa shape index (κ3) is 1.91. The molecule has 2 rings (SSSR count). The molecule has 0 fully saturated rings. The van der Waals surface area contributed by atoms with E-state index in [1.165, 1.54) is 0 Å². The first-order valence-corrected chi connectivity index (χ1v) is 5.55. The van der Waals surface area contributed by atoms with Gasteiger partial charge < -0.3 is 10.6 Å². The van der Waals surface area contributed by atoms with E-state index in [4.69, 9.17) is 17.3 Å².